The summed E-state index contributed by atoms with van der Waals surface area (Å²) in [6.07, 6.45) is -1.69. The summed E-state index contributed by atoms with van der Waals surface area (Å²) in [6, 6.07) is 13.9. The lowest BCUT2D eigenvalue weighted by molar-refractivity contribution is -0.274. The second-order valence-electron chi connectivity index (χ2n) is 6.83. The van der Waals surface area contributed by atoms with Crippen LogP contribution in [0.15, 0.2) is 48.5 Å². The number of fused-ring (bicyclic) bond motifs is 1. The highest BCUT2D eigenvalue weighted by atomic mass is 19.4. The average Bonchev–Trinajstić information content (AvgIpc) is 2.83. The molecule has 3 aromatic rings. The first-order valence-corrected chi connectivity index (χ1v) is 9.20. The van der Waals surface area contributed by atoms with Crippen LogP contribution in [0.25, 0.3) is 16.9 Å². The monoisotopic (exact) mass is 387 g/mol. The number of rotatable bonds is 3. The molecule has 1 aromatic heterocycles. The highest BCUT2D eigenvalue weighted by Gasteiger charge is 2.31. The standard InChI is InChI=1S/C21H20F3N3O/c1-14-6-2-3-7-17(14)19-18-8-4-5-13-25-20(18)27(26-19)15-9-11-16(12-10-15)28-21(22,23)24/h2-3,6-7,9-12,25H,4-5,8,13H2,1H3. The molecule has 1 aliphatic rings. The molecular weight excluding hydrogens is 367 g/mol. The Bertz CT molecular complexity index is 978. The van der Waals surface area contributed by atoms with Gasteiger partial charge < -0.3 is 10.1 Å². The van der Waals surface area contributed by atoms with Crippen LogP contribution in [0.1, 0.15) is 24.0 Å². The number of alkyl halides is 3. The van der Waals surface area contributed by atoms with Crippen molar-refractivity contribution >= 4 is 5.82 Å². The van der Waals surface area contributed by atoms with Crippen molar-refractivity contribution in [2.45, 2.75) is 32.5 Å². The molecule has 0 bridgehead atoms. The molecule has 0 radical (unpaired) electrons. The number of hydrogen-bond acceptors (Lipinski definition) is 3. The fourth-order valence-corrected chi connectivity index (χ4v) is 3.53. The molecular formula is C21H20F3N3O. The van der Waals surface area contributed by atoms with Gasteiger partial charge in [0.2, 0.25) is 0 Å². The molecule has 0 saturated carbocycles. The Morgan fingerprint density at radius 3 is 2.50 bits per heavy atom. The highest BCUT2D eigenvalue weighted by molar-refractivity contribution is 5.73. The SMILES string of the molecule is Cc1ccccc1-c1nn(-c2ccc(OC(F)(F)F)cc2)c2c1CCCCN2. The molecule has 0 unspecified atom stereocenters. The Morgan fingerprint density at radius 1 is 1.04 bits per heavy atom. The third kappa shape index (κ3) is 3.69. The van der Waals surface area contributed by atoms with Crippen molar-refractivity contribution in [3.63, 3.8) is 0 Å². The molecule has 2 heterocycles. The molecule has 28 heavy (non-hydrogen) atoms. The lowest BCUT2D eigenvalue weighted by Crippen LogP contribution is -2.17. The molecule has 0 aliphatic carbocycles. The van der Waals surface area contributed by atoms with E-state index in [1.165, 1.54) is 12.1 Å². The number of nitrogens with zero attached hydrogens (tertiary/aromatic N) is 2. The number of aryl methyl sites for hydroxylation is 1. The van der Waals surface area contributed by atoms with Crippen LogP contribution in [0.5, 0.6) is 5.75 Å². The lowest BCUT2D eigenvalue weighted by Gasteiger charge is -2.11. The Balaban J connectivity index is 1.78. The second kappa shape index (κ2) is 7.22. The quantitative estimate of drug-likeness (QED) is 0.645. The van der Waals surface area contributed by atoms with Gasteiger partial charge in [-0.25, -0.2) is 4.68 Å². The van der Waals surface area contributed by atoms with Crippen molar-refractivity contribution in [3.8, 4) is 22.7 Å². The number of aromatic nitrogens is 2. The van der Waals surface area contributed by atoms with Crippen molar-refractivity contribution in [1.82, 2.24) is 9.78 Å². The molecule has 7 heteroatoms. The maximum atomic E-state index is 12.4. The summed E-state index contributed by atoms with van der Waals surface area (Å²) < 4.78 is 43.0. The van der Waals surface area contributed by atoms with Gasteiger partial charge in [0.25, 0.3) is 0 Å². The minimum atomic E-state index is -4.70. The van der Waals surface area contributed by atoms with Gasteiger partial charge in [-0.2, -0.15) is 5.10 Å². The molecule has 146 valence electrons. The van der Waals surface area contributed by atoms with E-state index in [9.17, 15) is 13.2 Å². The predicted octanol–water partition coefficient (Wildman–Crippen LogP) is 5.49. The van der Waals surface area contributed by atoms with Crippen LogP contribution in [0, 0.1) is 6.92 Å². The fraction of sp³-hybridized carbons (Fsp3) is 0.286. The molecule has 2 aromatic carbocycles. The fourth-order valence-electron chi connectivity index (χ4n) is 3.53. The Morgan fingerprint density at radius 2 is 1.79 bits per heavy atom. The smallest absolute Gasteiger partial charge is 0.406 e. The first-order valence-electron chi connectivity index (χ1n) is 9.20. The van der Waals surface area contributed by atoms with Crippen molar-refractivity contribution in [3.05, 3.63) is 59.7 Å². The van der Waals surface area contributed by atoms with Gasteiger partial charge in [-0.3, -0.25) is 0 Å². The topological polar surface area (TPSA) is 39.1 Å². The highest BCUT2D eigenvalue weighted by Crippen LogP contribution is 2.35. The van der Waals surface area contributed by atoms with Gasteiger partial charge in [-0.1, -0.05) is 24.3 Å². The zero-order valence-corrected chi connectivity index (χ0v) is 15.4. The summed E-state index contributed by atoms with van der Waals surface area (Å²) in [6.45, 7) is 2.88. The van der Waals surface area contributed by atoms with E-state index in [0.29, 0.717) is 5.69 Å². The third-order valence-corrected chi connectivity index (χ3v) is 4.84. The number of halogens is 3. The largest absolute Gasteiger partial charge is 0.573 e. The van der Waals surface area contributed by atoms with Crippen LogP contribution in [-0.4, -0.2) is 22.7 Å². The van der Waals surface area contributed by atoms with Gasteiger partial charge in [0, 0.05) is 17.7 Å². The minimum Gasteiger partial charge on any atom is -0.406 e. The van der Waals surface area contributed by atoms with E-state index >= 15 is 0 Å². The summed E-state index contributed by atoms with van der Waals surface area (Å²) in [7, 11) is 0. The minimum absolute atomic E-state index is 0.249. The van der Waals surface area contributed by atoms with Crippen LogP contribution in [0.2, 0.25) is 0 Å². The van der Waals surface area contributed by atoms with E-state index in [1.54, 1.807) is 16.8 Å². The van der Waals surface area contributed by atoms with Gasteiger partial charge in [-0.15, -0.1) is 13.2 Å². The summed E-state index contributed by atoms with van der Waals surface area (Å²) in [5, 5.41) is 8.27. The van der Waals surface area contributed by atoms with E-state index in [4.69, 9.17) is 5.10 Å². The summed E-state index contributed by atoms with van der Waals surface area (Å²) in [5.41, 5.74) is 4.94. The molecule has 0 fully saturated rings. The van der Waals surface area contributed by atoms with Crippen LogP contribution in [0.4, 0.5) is 19.0 Å². The summed E-state index contributed by atoms with van der Waals surface area (Å²) in [4.78, 5) is 0. The Kier molecular flexibility index (Phi) is 4.75. The second-order valence-corrected chi connectivity index (χ2v) is 6.83. The van der Waals surface area contributed by atoms with Gasteiger partial charge in [0.1, 0.15) is 11.6 Å². The van der Waals surface area contributed by atoms with Crippen LogP contribution in [0.3, 0.4) is 0 Å². The van der Waals surface area contributed by atoms with Crippen molar-refractivity contribution in [2.75, 3.05) is 11.9 Å². The van der Waals surface area contributed by atoms with Crippen molar-refractivity contribution < 1.29 is 17.9 Å². The molecule has 4 nitrogen and oxygen atoms in total. The summed E-state index contributed by atoms with van der Waals surface area (Å²) >= 11 is 0. The molecule has 1 aliphatic heterocycles. The van der Waals surface area contributed by atoms with E-state index in [2.05, 4.69) is 10.1 Å². The third-order valence-electron chi connectivity index (χ3n) is 4.84. The van der Waals surface area contributed by atoms with Gasteiger partial charge in [-0.05, 0) is 56.0 Å². The first-order chi connectivity index (χ1) is 13.4. The first kappa shape index (κ1) is 18.4. The molecule has 0 spiro atoms. The van der Waals surface area contributed by atoms with Crippen molar-refractivity contribution in [2.24, 2.45) is 0 Å². The molecule has 0 amide bonds. The van der Waals surface area contributed by atoms with Crippen molar-refractivity contribution in [1.29, 1.82) is 0 Å². The summed E-state index contributed by atoms with van der Waals surface area (Å²) in [5.74, 6) is 0.654. The number of hydrogen-bond donors (Lipinski definition) is 1. The van der Waals surface area contributed by atoms with Gasteiger partial charge >= 0.3 is 6.36 Å². The Labute approximate surface area is 160 Å². The number of anilines is 1. The van der Waals surface area contributed by atoms with Crippen LogP contribution in [-0.2, 0) is 6.42 Å². The maximum absolute atomic E-state index is 12.4. The Hall–Kier alpha value is -2.96. The van der Waals surface area contributed by atoms with Gasteiger partial charge in [0.15, 0.2) is 0 Å². The maximum Gasteiger partial charge on any atom is 0.573 e. The zero-order valence-electron chi connectivity index (χ0n) is 15.4. The van der Waals surface area contributed by atoms with E-state index in [-0.39, 0.29) is 5.75 Å². The van der Waals surface area contributed by atoms with Crippen LogP contribution >= 0.6 is 0 Å². The predicted molar refractivity (Wildman–Crippen MR) is 102 cm³/mol. The average molecular weight is 387 g/mol. The molecule has 1 N–H and O–H groups in total. The number of nitrogens with one attached hydrogen (secondary N) is 1. The normalized spacial score (nSPS) is 14.1. The van der Waals surface area contributed by atoms with E-state index in [0.717, 1.165) is 54.0 Å². The molecule has 0 saturated heterocycles. The zero-order chi connectivity index (χ0) is 19.7. The molecule has 4 rings (SSSR count). The van der Waals surface area contributed by atoms with E-state index in [1.807, 2.05) is 31.2 Å². The van der Waals surface area contributed by atoms with Crippen LogP contribution < -0.4 is 10.1 Å². The number of ether oxygens (including phenoxy) is 1. The lowest BCUT2D eigenvalue weighted by atomic mass is 10.00. The van der Waals surface area contributed by atoms with E-state index < -0.39 is 6.36 Å². The van der Waals surface area contributed by atoms with Gasteiger partial charge in [0.05, 0.1) is 11.4 Å². The number of benzene rings is 2. The molecule has 0 atom stereocenters.